The van der Waals surface area contributed by atoms with Crippen LogP contribution in [0.3, 0.4) is 0 Å². The van der Waals surface area contributed by atoms with Gasteiger partial charge in [-0.2, -0.15) is 13.2 Å². The van der Waals surface area contributed by atoms with Crippen LogP contribution in [-0.2, 0) is 16.1 Å². The Bertz CT molecular complexity index is 1840. The fourth-order valence-corrected chi connectivity index (χ4v) is 5.75. The Morgan fingerprint density at radius 3 is 2.45 bits per heavy atom. The maximum absolute atomic E-state index is 14.5. The molecule has 3 amide bonds. The summed E-state index contributed by atoms with van der Waals surface area (Å²) in [6.07, 6.45) is -4.63. The number of hydrogen-bond acceptors (Lipinski definition) is 5. The van der Waals surface area contributed by atoms with E-state index in [0.29, 0.717) is 10.8 Å². The van der Waals surface area contributed by atoms with Gasteiger partial charge in [-0.15, -0.1) is 0 Å². The van der Waals surface area contributed by atoms with Crippen LogP contribution in [0.1, 0.15) is 22.8 Å². The van der Waals surface area contributed by atoms with Gasteiger partial charge in [-0.1, -0.05) is 39.7 Å². The van der Waals surface area contributed by atoms with Crippen LogP contribution in [0, 0.1) is 5.82 Å². The molecule has 1 aliphatic rings. The Morgan fingerprint density at radius 1 is 1.04 bits per heavy atom. The summed E-state index contributed by atoms with van der Waals surface area (Å²) in [5.74, 6) is -2.44. The normalized spacial score (nSPS) is 15.7. The first-order valence-electron chi connectivity index (χ1n) is 14.3. The summed E-state index contributed by atoms with van der Waals surface area (Å²) in [6.45, 7) is -0.613. The molecule has 8 nitrogen and oxygen atoms in total. The molecule has 1 heterocycles. The summed E-state index contributed by atoms with van der Waals surface area (Å²) in [4.78, 5) is 44.0. The van der Waals surface area contributed by atoms with Gasteiger partial charge in [0.1, 0.15) is 17.6 Å². The first kappa shape index (κ1) is 34.1. The van der Waals surface area contributed by atoms with Crippen molar-refractivity contribution >= 4 is 67.4 Å². The molecule has 4 aromatic rings. The molecule has 2 atom stereocenters. The number of halogens is 6. The molecular weight excluding hydrogens is 708 g/mol. The van der Waals surface area contributed by atoms with Gasteiger partial charge in [0, 0.05) is 20.6 Å². The number of fused-ring (bicyclic) bond motifs is 2. The van der Waals surface area contributed by atoms with Crippen LogP contribution < -0.4 is 25.2 Å². The van der Waals surface area contributed by atoms with Crippen molar-refractivity contribution in [3.8, 4) is 5.75 Å². The molecule has 0 aromatic heterocycles. The molecule has 5 rings (SSSR count). The van der Waals surface area contributed by atoms with Crippen molar-refractivity contribution in [3.63, 3.8) is 0 Å². The molecule has 47 heavy (non-hydrogen) atoms. The third kappa shape index (κ3) is 7.69. The quantitative estimate of drug-likeness (QED) is 0.199. The van der Waals surface area contributed by atoms with E-state index in [4.69, 9.17) is 16.3 Å². The molecule has 0 aliphatic carbocycles. The second-order valence-corrected chi connectivity index (χ2v) is 12.2. The molecule has 0 radical (unpaired) electrons. The van der Waals surface area contributed by atoms with E-state index in [1.807, 2.05) is 0 Å². The van der Waals surface area contributed by atoms with Crippen LogP contribution in [0.5, 0.6) is 5.75 Å². The van der Waals surface area contributed by atoms with Crippen LogP contribution in [0.4, 0.5) is 28.9 Å². The third-order valence-corrected chi connectivity index (χ3v) is 8.41. The molecule has 0 bridgehead atoms. The minimum Gasteiger partial charge on any atom is -0.484 e. The molecule has 2 unspecified atom stereocenters. The van der Waals surface area contributed by atoms with Crippen LogP contribution in [0.15, 0.2) is 77.3 Å². The van der Waals surface area contributed by atoms with Crippen molar-refractivity contribution < 1.29 is 36.7 Å². The minimum absolute atomic E-state index is 0.103. The van der Waals surface area contributed by atoms with Crippen LogP contribution >= 0.6 is 27.5 Å². The number of ether oxygens (including phenoxy) is 1. The van der Waals surface area contributed by atoms with Crippen molar-refractivity contribution in [2.24, 2.45) is 0 Å². The molecule has 0 spiro atoms. The largest absolute Gasteiger partial charge is 0.484 e. The maximum atomic E-state index is 14.5. The van der Waals surface area contributed by atoms with Crippen molar-refractivity contribution in [1.82, 2.24) is 10.6 Å². The fraction of sp³-hybridized carbons (Fsp3) is 0.242. The highest BCUT2D eigenvalue weighted by Crippen LogP contribution is 2.40. The van der Waals surface area contributed by atoms with Crippen molar-refractivity contribution in [3.05, 3.63) is 99.2 Å². The fourth-order valence-electron chi connectivity index (χ4n) is 5.21. The number of carbonyl (C=O) groups excluding carboxylic acids is 3. The average Bonchev–Trinajstić information content (AvgIpc) is 3.13. The second-order valence-electron chi connectivity index (χ2n) is 10.9. The SMILES string of the molecule is CNC(C)C(=O)NC1CN(C(=O)c2ccc(F)cc2)c2cc(Cl)ccc2N(Cc2c(OCC(F)(F)F)ccc3cc(Br)ccc23)C1=O. The monoisotopic (exact) mass is 734 g/mol. The van der Waals surface area contributed by atoms with Gasteiger partial charge in [-0.3, -0.25) is 14.4 Å². The zero-order valence-electron chi connectivity index (χ0n) is 25.0. The Kier molecular flexibility index (Phi) is 10.1. The van der Waals surface area contributed by atoms with E-state index in [1.54, 1.807) is 38.2 Å². The molecular formula is C33H28BrClF4N4O4. The molecule has 0 fully saturated rings. The standard InChI is InChI=1S/C33H28BrClF4N4O4/c1-18(40-2)30(44)41-26-16-43(31(45)19-3-8-23(36)9-4-19)28-14-22(35)7-11-27(28)42(32(26)46)15-25-24-10-6-21(34)13-20(24)5-12-29(25)47-17-33(37,38)39/h3-14,18,26,40H,15-17H2,1-2H3,(H,41,44). The summed E-state index contributed by atoms with van der Waals surface area (Å²) < 4.78 is 59.6. The number of benzene rings is 4. The van der Waals surface area contributed by atoms with Crippen molar-refractivity contribution in [1.29, 1.82) is 0 Å². The Balaban J connectivity index is 1.68. The lowest BCUT2D eigenvalue weighted by atomic mass is 10.0. The summed E-state index contributed by atoms with van der Waals surface area (Å²) in [6, 6.07) is 15.5. The first-order chi connectivity index (χ1) is 22.3. The highest BCUT2D eigenvalue weighted by molar-refractivity contribution is 9.10. The molecule has 14 heteroatoms. The molecule has 246 valence electrons. The minimum atomic E-state index is -4.63. The van der Waals surface area contributed by atoms with Gasteiger partial charge >= 0.3 is 6.18 Å². The van der Waals surface area contributed by atoms with Gasteiger partial charge in [0.25, 0.3) is 11.8 Å². The second kappa shape index (κ2) is 13.9. The summed E-state index contributed by atoms with van der Waals surface area (Å²) in [5, 5.41) is 6.91. The number of alkyl halides is 3. The zero-order valence-corrected chi connectivity index (χ0v) is 27.3. The predicted molar refractivity (Wildman–Crippen MR) is 174 cm³/mol. The number of rotatable bonds is 8. The van der Waals surface area contributed by atoms with Gasteiger partial charge in [-0.05, 0) is 85.4 Å². The van der Waals surface area contributed by atoms with Crippen molar-refractivity contribution in [2.75, 3.05) is 30.0 Å². The lowest BCUT2D eigenvalue weighted by molar-refractivity contribution is -0.153. The lowest BCUT2D eigenvalue weighted by Gasteiger charge is -2.28. The number of anilines is 2. The van der Waals surface area contributed by atoms with Gasteiger partial charge in [0.2, 0.25) is 5.91 Å². The number of likely N-dealkylation sites (N-methyl/N-ethyl adjacent to an activating group) is 1. The van der Waals surface area contributed by atoms with Crippen LogP contribution in [0.25, 0.3) is 10.8 Å². The maximum Gasteiger partial charge on any atom is 0.422 e. The molecule has 2 N–H and O–H groups in total. The molecule has 1 aliphatic heterocycles. The van der Waals surface area contributed by atoms with E-state index in [2.05, 4.69) is 26.6 Å². The number of nitrogens with one attached hydrogen (secondary N) is 2. The van der Waals surface area contributed by atoms with E-state index in [-0.39, 0.29) is 46.4 Å². The van der Waals surface area contributed by atoms with Gasteiger partial charge in [0.15, 0.2) is 6.61 Å². The summed E-state index contributed by atoms with van der Waals surface area (Å²) >= 11 is 9.80. The van der Waals surface area contributed by atoms with E-state index < -0.39 is 48.4 Å². The summed E-state index contributed by atoms with van der Waals surface area (Å²) in [5.41, 5.74) is 0.762. The van der Waals surface area contributed by atoms with Gasteiger partial charge < -0.3 is 25.2 Å². The first-order valence-corrected chi connectivity index (χ1v) is 15.5. The molecule has 4 aromatic carbocycles. The number of nitrogens with zero attached hydrogens (tertiary/aromatic N) is 2. The molecule has 0 saturated heterocycles. The predicted octanol–water partition coefficient (Wildman–Crippen LogP) is 6.62. The third-order valence-electron chi connectivity index (χ3n) is 7.69. The molecule has 0 saturated carbocycles. The topological polar surface area (TPSA) is 91.0 Å². The Labute approximate surface area is 280 Å². The number of carbonyl (C=O) groups is 3. The van der Waals surface area contributed by atoms with Crippen LogP contribution in [0.2, 0.25) is 5.02 Å². The van der Waals surface area contributed by atoms with Gasteiger partial charge in [-0.25, -0.2) is 4.39 Å². The van der Waals surface area contributed by atoms with E-state index in [1.165, 1.54) is 46.2 Å². The average molecular weight is 736 g/mol. The Hall–Kier alpha value is -4.20. The van der Waals surface area contributed by atoms with E-state index in [0.717, 1.165) is 16.6 Å². The van der Waals surface area contributed by atoms with E-state index >= 15 is 0 Å². The summed E-state index contributed by atoms with van der Waals surface area (Å²) in [7, 11) is 1.56. The van der Waals surface area contributed by atoms with Crippen LogP contribution in [-0.4, -0.2) is 56.2 Å². The van der Waals surface area contributed by atoms with E-state index in [9.17, 15) is 31.9 Å². The number of amides is 3. The smallest absolute Gasteiger partial charge is 0.422 e. The van der Waals surface area contributed by atoms with Crippen molar-refractivity contribution in [2.45, 2.75) is 31.7 Å². The highest BCUT2D eigenvalue weighted by Gasteiger charge is 2.39. The lowest BCUT2D eigenvalue weighted by Crippen LogP contribution is -2.55. The highest BCUT2D eigenvalue weighted by atomic mass is 79.9. The van der Waals surface area contributed by atoms with Gasteiger partial charge in [0.05, 0.1) is 30.5 Å². The zero-order chi connectivity index (χ0) is 34.0. The Morgan fingerprint density at radius 2 is 1.77 bits per heavy atom. The number of hydrogen-bond donors (Lipinski definition) is 2.